The average Bonchev–Trinajstić information content (AvgIpc) is 3.08. The summed E-state index contributed by atoms with van der Waals surface area (Å²) >= 11 is 0. The van der Waals surface area contributed by atoms with E-state index in [1.165, 1.54) is 0 Å². The van der Waals surface area contributed by atoms with Gasteiger partial charge >= 0.3 is 6.09 Å². The third-order valence-electron chi connectivity index (χ3n) is 3.93. The van der Waals surface area contributed by atoms with E-state index in [9.17, 15) is 9.59 Å². The van der Waals surface area contributed by atoms with E-state index < -0.39 is 17.7 Å². The lowest BCUT2D eigenvalue weighted by atomic mass is 10.1. The number of hydrogen-bond acceptors (Lipinski definition) is 5. The van der Waals surface area contributed by atoms with Gasteiger partial charge < -0.3 is 24.8 Å². The van der Waals surface area contributed by atoms with Gasteiger partial charge in [0, 0.05) is 18.2 Å². The van der Waals surface area contributed by atoms with Crippen LogP contribution in [0.3, 0.4) is 0 Å². The highest BCUT2D eigenvalue weighted by molar-refractivity contribution is 5.97. The van der Waals surface area contributed by atoms with Crippen LogP contribution in [0, 0.1) is 0 Å². The van der Waals surface area contributed by atoms with Crippen molar-refractivity contribution in [3.8, 4) is 11.5 Å². The van der Waals surface area contributed by atoms with E-state index in [2.05, 4.69) is 10.6 Å². The molecule has 0 spiro atoms. The van der Waals surface area contributed by atoms with Gasteiger partial charge in [-0.2, -0.15) is 0 Å². The molecule has 2 aromatic rings. The van der Waals surface area contributed by atoms with Gasteiger partial charge in [-0.05, 0) is 38.5 Å². The van der Waals surface area contributed by atoms with Gasteiger partial charge in [0.1, 0.15) is 11.6 Å². The molecule has 0 bridgehead atoms. The SMILES string of the molecule is CC(C)(C)OC(=O)NC(Cc1ccccc1)C(=O)Nc1ccc2c(c1)OCO2. The van der Waals surface area contributed by atoms with Crippen LogP contribution in [0.4, 0.5) is 10.5 Å². The van der Waals surface area contributed by atoms with Crippen LogP contribution < -0.4 is 20.1 Å². The number of amides is 2. The highest BCUT2D eigenvalue weighted by Gasteiger charge is 2.25. The summed E-state index contributed by atoms with van der Waals surface area (Å²) < 4.78 is 15.9. The van der Waals surface area contributed by atoms with Crippen LogP contribution in [0.2, 0.25) is 0 Å². The van der Waals surface area contributed by atoms with Crippen LogP contribution in [-0.2, 0) is 16.0 Å². The molecule has 2 N–H and O–H groups in total. The first-order valence-electron chi connectivity index (χ1n) is 9.04. The minimum atomic E-state index is -0.803. The molecule has 148 valence electrons. The Balaban J connectivity index is 1.72. The van der Waals surface area contributed by atoms with E-state index in [1.54, 1.807) is 39.0 Å². The van der Waals surface area contributed by atoms with Crippen LogP contribution in [0.25, 0.3) is 0 Å². The summed E-state index contributed by atoms with van der Waals surface area (Å²) in [5.74, 6) is 0.844. The van der Waals surface area contributed by atoms with Gasteiger partial charge in [0.15, 0.2) is 11.5 Å². The monoisotopic (exact) mass is 384 g/mol. The summed E-state index contributed by atoms with van der Waals surface area (Å²) in [6.07, 6.45) is -0.314. The van der Waals surface area contributed by atoms with Gasteiger partial charge in [0.05, 0.1) is 0 Å². The molecule has 3 rings (SSSR count). The molecule has 1 atom stereocenters. The van der Waals surface area contributed by atoms with E-state index in [1.807, 2.05) is 30.3 Å². The number of carbonyl (C=O) groups excluding carboxylic acids is 2. The second-order valence-corrected chi connectivity index (χ2v) is 7.45. The molecular formula is C21H24N2O5. The van der Waals surface area contributed by atoms with Gasteiger partial charge in [-0.3, -0.25) is 4.79 Å². The van der Waals surface area contributed by atoms with Crippen molar-refractivity contribution in [2.45, 2.75) is 38.8 Å². The molecule has 0 saturated carbocycles. The zero-order chi connectivity index (χ0) is 20.1. The minimum Gasteiger partial charge on any atom is -0.454 e. The number of benzene rings is 2. The molecule has 7 heteroatoms. The second kappa shape index (κ2) is 8.21. The zero-order valence-electron chi connectivity index (χ0n) is 16.2. The van der Waals surface area contributed by atoms with Gasteiger partial charge in [0.2, 0.25) is 12.7 Å². The lowest BCUT2D eigenvalue weighted by molar-refractivity contribution is -0.118. The maximum Gasteiger partial charge on any atom is 0.408 e. The molecule has 0 fully saturated rings. The largest absolute Gasteiger partial charge is 0.454 e. The standard InChI is InChI=1S/C21H24N2O5/c1-21(2,3)28-20(25)23-16(11-14-7-5-4-6-8-14)19(24)22-15-9-10-17-18(12-15)27-13-26-17/h4-10,12,16H,11,13H2,1-3H3,(H,22,24)(H,23,25). The van der Waals surface area contributed by atoms with Crippen molar-refractivity contribution in [3.05, 3.63) is 54.1 Å². The van der Waals surface area contributed by atoms with Crippen LogP contribution in [0.5, 0.6) is 11.5 Å². The second-order valence-electron chi connectivity index (χ2n) is 7.45. The Hall–Kier alpha value is -3.22. The summed E-state index contributed by atoms with van der Waals surface area (Å²) in [7, 11) is 0. The van der Waals surface area contributed by atoms with E-state index in [-0.39, 0.29) is 12.7 Å². The quantitative estimate of drug-likeness (QED) is 0.824. The fourth-order valence-electron chi connectivity index (χ4n) is 2.71. The molecule has 2 amide bonds. The number of fused-ring (bicyclic) bond motifs is 1. The van der Waals surface area contributed by atoms with Crippen LogP contribution >= 0.6 is 0 Å². The third kappa shape index (κ3) is 5.39. The first-order valence-corrected chi connectivity index (χ1v) is 9.04. The minimum absolute atomic E-state index is 0.156. The third-order valence-corrected chi connectivity index (χ3v) is 3.93. The summed E-state index contributed by atoms with van der Waals surface area (Å²) in [5, 5.41) is 5.48. The Labute approximate surface area is 164 Å². The number of anilines is 1. The Morgan fingerprint density at radius 1 is 1.07 bits per heavy atom. The smallest absolute Gasteiger partial charge is 0.408 e. The predicted molar refractivity (Wildman–Crippen MR) is 104 cm³/mol. The van der Waals surface area contributed by atoms with Crippen molar-refractivity contribution in [2.24, 2.45) is 0 Å². The molecule has 1 aliphatic heterocycles. The van der Waals surface area contributed by atoms with Crippen molar-refractivity contribution in [1.82, 2.24) is 5.32 Å². The Morgan fingerprint density at radius 3 is 2.50 bits per heavy atom. The molecule has 0 aliphatic carbocycles. The molecule has 7 nitrogen and oxygen atoms in total. The summed E-state index contributed by atoms with van der Waals surface area (Å²) in [6, 6.07) is 13.8. The van der Waals surface area contributed by atoms with E-state index in [0.29, 0.717) is 23.6 Å². The maximum absolute atomic E-state index is 12.9. The Bertz CT molecular complexity index is 846. The number of rotatable bonds is 5. The van der Waals surface area contributed by atoms with Gasteiger partial charge in [-0.15, -0.1) is 0 Å². The van der Waals surface area contributed by atoms with Crippen molar-refractivity contribution in [2.75, 3.05) is 12.1 Å². The van der Waals surface area contributed by atoms with Crippen LogP contribution in [0.1, 0.15) is 26.3 Å². The molecule has 0 aromatic heterocycles. The first kappa shape index (κ1) is 19.5. The molecule has 0 radical (unpaired) electrons. The number of ether oxygens (including phenoxy) is 3. The number of nitrogens with one attached hydrogen (secondary N) is 2. The van der Waals surface area contributed by atoms with Crippen molar-refractivity contribution in [1.29, 1.82) is 0 Å². The first-order chi connectivity index (χ1) is 13.3. The number of carbonyl (C=O) groups is 2. The fraction of sp³-hybridized carbons (Fsp3) is 0.333. The zero-order valence-corrected chi connectivity index (χ0v) is 16.2. The molecule has 0 saturated heterocycles. The fourth-order valence-corrected chi connectivity index (χ4v) is 2.71. The molecule has 28 heavy (non-hydrogen) atoms. The predicted octanol–water partition coefficient (Wildman–Crippen LogP) is 3.49. The Kier molecular flexibility index (Phi) is 5.73. The summed E-state index contributed by atoms with van der Waals surface area (Å²) in [4.78, 5) is 25.1. The molecule has 1 heterocycles. The normalized spacial score (nSPS) is 13.5. The molecule has 1 unspecified atom stereocenters. The van der Waals surface area contributed by atoms with Gasteiger partial charge in [-0.25, -0.2) is 4.79 Å². The molecular weight excluding hydrogens is 360 g/mol. The van der Waals surface area contributed by atoms with Crippen molar-refractivity contribution < 1.29 is 23.8 Å². The van der Waals surface area contributed by atoms with Crippen molar-refractivity contribution >= 4 is 17.7 Å². The van der Waals surface area contributed by atoms with E-state index >= 15 is 0 Å². The van der Waals surface area contributed by atoms with Crippen LogP contribution in [0.15, 0.2) is 48.5 Å². The van der Waals surface area contributed by atoms with E-state index in [0.717, 1.165) is 5.56 Å². The van der Waals surface area contributed by atoms with E-state index in [4.69, 9.17) is 14.2 Å². The molecule has 1 aliphatic rings. The topological polar surface area (TPSA) is 85.9 Å². The van der Waals surface area contributed by atoms with Crippen LogP contribution in [-0.4, -0.2) is 30.4 Å². The number of alkyl carbamates (subject to hydrolysis) is 1. The van der Waals surface area contributed by atoms with Gasteiger partial charge in [-0.1, -0.05) is 30.3 Å². The van der Waals surface area contributed by atoms with Gasteiger partial charge in [0.25, 0.3) is 0 Å². The summed E-state index contributed by atoms with van der Waals surface area (Å²) in [6.45, 7) is 5.46. The molecule has 2 aromatic carbocycles. The number of hydrogen-bond donors (Lipinski definition) is 2. The lowest BCUT2D eigenvalue weighted by Crippen LogP contribution is -2.47. The highest BCUT2D eigenvalue weighted by atomic mass is 16.7. The Morgan fingerprint density at radius 2 is 1.79 bits per heavy atom. The maximum atomic E-state index is 12.9. The average molecular weight is 384 g/mol. The lowest BCUT2D eigenvalue weighted by Gasteiger charge is -2.23. The highest BCUT2D eigenvalue weighted by Crippen LogP contribution is 2.34. The van der Waals surface area contributed by atoms with Crippen molar-refractivity contribution in [3.63, 3.8) is 0 Å². The summed E-state index contributed by atoms with van der Waals surface area (Å²) in [5.41, 5.74) is 0.817.